The van der Waals surface area contributed by atoms with Crippen LogP contribution in [0.5, 0.6) is 0 Å². The first-order valence-corrected chi connectivity index (χ1v) is 9.93. The molecule has 158 valence electrons. The lowest BCUT2D eigenvalue weighted by Gasteiger charge is -2.36. The van der Waals surface area contributed by atoms with Crippen LogP contribution in [0.15, 0.2) is 4.79 Å². The minimum Gasteiger partial charge on any atom is -0.483 e. The van der Waals surface area contributed by atoms with E-state index >= 15 is 0 Å². The number of hydrogen-bond acceptors (Lipinski definition) is 5. The number of aromatic nitrogens is 5. The molecular weight excluding hydrogens is 376 g/mol. The minimum atomic E-state index is -0.250. The van der Waals surface area contributed by atoms with Gasteiger partial charge in [-0.1, -0.05) is 13.8 Å². The number of aromatic amines is 2. The summed E-state index contributed by atoms with van der Waals surface area (Å²) in [5.41, 5.74) is 1.02. The van der Waals surface area contributed by atoms with Gasteiger partial charge in [-0.25, -0.2) is 9.67 Å². The predicted octanol–water partition coefficient (Wildman–Crippen LogP) is 1.35. The average molecular weight is 404 g/mol. The number of hydrogen-bond donors (Lipinski definition) is 3. The van der Waals surface area contributed by atoms with E-state index in [4.69, 9.17) is 14.9 Å². The van der Waals surface area contributed by atoms with Crippen LogP contribution in [-0.4, -0.2) is 53.9 Å². The van der Waals surface area contributed by atoms with Crippen molar-refractivity contribution in [1.82, 2.24) is 29.9 Å². The third-order valence-corrected chi connectivity index (χ3v) is 5.32. The highest BCUT2D eigenvalue weighted by molar-refractivity contribution is 5.79. The molecule has 3 heterocycles. The number of fused-ring (bicyclic) bond motifs is 1. The van der Waals surface area contributed by atoms with E-state index in [0.717, 1.165) is 36.6 Å². The van der Waals surface area contributed by atoms with Crippen LogP contribution in [0.25, 0.3) is 0 Å². The SMILES string of the molecule is Cc1[nH][nH]c(=O)c1CC(=O)N1CCn2nc(C3CC3)nc2[C@@H]1CC(C)C.O=CO. The molecule has 1 aliphatic heterocycles. The third kappa shape index (κ3) is 4.57. The maximum atomic E-state index is 13.0. The standard InChI is InChI=1S/C18H26N6O2.CH2O2/c1-10(2)8-14-17-19-16(12-4-5-12)22-24(17)7-6-23(14)15(25)9-13-11(3)20-21-18(13)26;2-1-3/h10,12,14H,4-9H2,1-3H3,(H2,20,21,26);1H,(H,2,3)/t14-;/m0./s1. The molecule has 1 saturated carbocycles. The van der Waals surface area contributed by atoms with Crippen LogP contribution in [0.3, 0.4) is 0 Å². The van der Waals surface area contributed by atoms with Crippen LogP contribution in [0.1, 0.15) is 68.0 Å². The largest absolute Gasteiger partial charge is 0.483 e. The van der Waals surface area contributed by atoms with Gasteiger partial charge >= 0.3 is 0 Å². The number of carbonyl (C=O) groups is 2. The summed E-state index contributed by atoms with van der Waals surface area (Å²) in [6.45, 7) is 7.14. The molecule has 0 radical (unpaired) electrons. The summed E-state index contributed by atoms with van der Waals surface area (Å²) >= 11 is 0. The van der Waals surface area contributed by atoms with Crippen LogP contribution in [0.4, 0.5) is 0 Å². The van der Waals surface area contributed by atoms with Crippen molar-refractivity contribution >= 4 is 12.4 Å². The van der Waals surface area contributed by atoms with Gasteiger partial charge < -0.3 is 15.1 Å². The molecule has 10 heteroatoms. The van der Waals surface area contributed by atoms with Crippen molar-refractivity contribution in [2.75, 3.05) is 6.54 Å². The summed E-state index contributed by atoms with van der Waals surface area (Å²) in [5.74, 6) is 2.74. The summed E-state index contributed by atoms with van der Waals surface area (Å²) in [7, 11) is 0. The maximum Gasteiger partial charge on any atom is 0.290 e. The van der Waals surface area contributed by atoms with Gasteiger partial charge in [0.15, 0.2) is 5.82 Å². The van der Waals surface area contributed by atoms with Crippen molar-refractivity contribution in [2.24, 2.45) is 5.92 Å². The molecule has 1 amide bonds. The lowest BCUT2D eigenvalue weighted by atomic mass is 9.99. The summed E-state index contributed by atoms with van der Waals surface area (Å²) < 4.78 is 1.98. The average Bonchev–Trinajstić information content (AvgIpc) is 3.35. The van der Waals surface area contributed by atoms with E-state index in [-0.39, 0.29) is 30.4 Å². The molecule has 1 fully saturated rings. The van der Waals surface area contributed by atoms with Gasteiger partial charge in [-0.05, 0) is 32.1 Å². The van der Waals surface area contributed by atoms with Gasteiger partial charge in [0.25, 0.3) is 12.0 Å². The molecule has 1 aliphatic carbocycles. The van der Waals surface area contributed by atoms with E-state index in [1.165, 1.54) is 0 Å². The second kappa shape index (κ2) is 8.62. The molecule has 0 spiro atoms. The second-order valence-corrected chi connectivity index (χ2v) is 8.02. The highest BCUT2D eigenvalue weighted by Gasteiger charge is 2.37. The maximum absolute atomic E-state index is 13.0. The minimum absolute atomic E-state index is 0.0222. The molecule has 3 N–H and O–H groups in total. The Morgan fingerprint density at radius 1 is 1.31 bits per heavy atom. The molecule has 0 saturated heterocycles. The number of carboxylic acid groups (broad SMARTS) is 1. The molecule has 0 aromatic carbocycles. The van der Waals surface area contributed by atoms with Gasteiger partial charge in [-0.15, -0.1) is 0 Å². The van der Waals surface area contributed by atoms with Gasteiger partial charge in [0, 0.05) is 23.7 Å². The molecule has 0 bridgehead atoms. The first kappa shape index (κ1) is 20.8. The van der Waals surface area contributed by atoms with Crippen LogP contribution >= 0.6 is 0 Å². The highest BCUT2D eigenvalue weighted by Crippen LogP contribution is 2.40. The van der Waals surface area contributed by atoms with E-state index in [1.54, 1.807) is 6.92 Å². The van der Waals surface area contributed by atoms with Crippen LogP contribution in [0.2, 0.25) is 0 Å². The lowest BCUT2D eigenvalue weighted by Crippen LogP contribution is -2.44. The Kier molecular flexibility index (Phi) is 6.19. The monoisotopic (exact) mass is 404 g/mol. The number of amides is 1. The zero-order chi connectivity index (χ0) is 21.1. The lowest BCUT2D eigenvalue weighted by molar-refractivity contribution is -0.134. The Labute approximate surface area is 168 Å². The first-order valence-electron chi connectivity index (χ1n) is 9.93. The topological polar surface area (TPSA) is 137 Å². The normalized spacial score (nSPS) is 18.2. The number of H-pyrrole nitrogens is 2. The Balaban J connectivity index is 0.000000755. The van der Waals surface area contributed by atoms with Gasteiger partial charge in [-0.3, -0.25) is 19.5 Å². The fraction of sp³-hybridized carbons (Fsp3) is 0.632. The molecule has 2 aliphatic rings. The van der Waals surface area contributed by atoms with Crippen LogP contribution in [-0.2, 0) is 22.6 Å². The van der Waals surface area contributed by atoms with Gasteiger partial charge in [-0.2, -0.15) is 5.10 Å². The van der Waals surface area contributed by atoms with Crippen molar-refractivity contribution in [3.05, 3.63) is 33.3 Å². The Bertz CT molecular complexity index is 924. The summed E-state index contributed by atoms with van der Waals surface area (Å²) in [6.07, 6.45) is 3.28. The quantitative estimate of drug-likeness (QED) is 0.644. The number of nitrogens with zero attached hydrogens (tertiary/aromatic N) is 4. The van der Waals surface area contributed by atoms with Crippen molar-refractivity contribution in [3.63, 3.8) is 0 Å². The Morgan fingerprint density at radius 2 is 2.00 bits per heavy atom. The van der Waals surface area contributed by atoms with Crippen molar-refractivity contribution in [1.29, 1.82) is 0 Å². The fourth-order valence-electron chi connectivity index (χ4n) is 3.71. The summed E-state index contributed by atoms with van der Waals surface area (Å²) in [4.78, 5) is 40.0. The predicted molar refractivity (Wildman–Crippen MR) is 104 cm³/mol. The molecule has 1 atom stereocenters. The molecule has 2 aromatic rings. The molecular formula is C19H28N6O4. The third-order valence-electron chi connectivity index (χ3n) is 5.32. The van der Waals surface area contributed by atoms with Crippen molar-refractivity contribution in [3.8, 4) is 0 Å². The molecule has 29 heavy (non-hydrogen) atoms. The van der Waals surface area contributed by atoms with Gasteiger partial charge in [0.2, 0.25) is 5.91 Å². The fourth-order valence-corrected chi connectivity index (χ4v) is 3.71. The van der Waals surface area contributed by atoms with Crippen LogP contribution in [0, 0.1) is 12.8 Å². The zero-order valence-corrected chi connectivity index (χ0v) is 17.0. The Morgan fingerprint density at radius 3 is 2.55 bits per heavy atom. The van der Waals surface area contributed by atoms with E-state index in [9.17, 15) is 9.59 Å². The van der Waals surface area contributed by atoms with E-state index in [1.807, 2.05) is 9.58 Å². The van der Waals surface area contributed by atoms with Crippen molar-refractivity contribution in [2.45, 2.75) is 65.0 Å². The van der Waals surface area contributed by atoms with E-state index in [0.29, 0.717) is 30.5 Å². The smallest absolute Gasteiger partial charge is 0.290 e. The van der Waals surface area contributed by atoms with Gasteiger partial charge in [0.1, 0.15) is 5.82 Å². The zero-order valence-electron chi connectivity index (χ0n) is 17.0. The summed E-state index contributed by atoms with van der Waals surface area (Å²) in [5, 5.41) is 16.9. The number of rotatable bonds is 5. The van der Waals surface area contributed by atoms with Gasteiger partial charge in [0.05, 0.1) is 19.0 Å². The Hall–Kier alpha value is -2.91. The molecule has 10 nitrogen and oxygen atoms in total. The molecule has 4 rings (SSSR count). The summed E-state index contributed by atoms with van der Waals surface area (Å²) in [6, 6.07) is -0.0745. The molecule has 0 unspecified atom stereocenters. The highest BCUT2D eigenvalue weighted by atomic mass is 16.3. The van der Waals surface area contributed by atoms with E-state index in [2.05, 4.69) is 29.1 Å². The van der Waals surface area contributed by atoms with E-state index < -0.39 is 0 Å². The number of nitrogens with one attached hydrogen (secondary N) is 2. The number of aryl methyl sites for hydroxylation is 1. The number of carbonyl (C=O) groups excluding carboxylic acids is 1. The van der Waals surface area contributed by atoms with Crippen LogP contribution < -0.4 is 5.56 Å². The molecule has 2 aromatic heterocycles. The second-order valence-electron chi connectivity index (χ2n) is 8.02. The first-order chi connectivity index (χ1) is 13.8. The van der Waals surface area contributed by atoms with Crippen molar-refractivity contribution < 1.29 is 14.7 Å².